The van der Waals surface area contributed by atoms with Crippen LogP contribution in [0.4, 0.5) is 5.69 Å². The number of nitrogens with zero attached hydrogens (tertiary/aromatic N) is 2. The third kappa shape index (κ3) is 6.70. The molecule has 2 N–H and O–H groups in total. The summed E-state index contributed by atoms with van der Waals surface area (Å²) >= 11 is 0. The summed E-state index contributed by atoms with van der Waals surface area (Å²) < 4.78 is 29.0. The lowest BCUT2D eigenvalue weighted by atomic mass is 10.1. The molecule has 0 atom stereocenters. The van der Waals surface area contributed by atoms with Crippen LogP contribution in [0.25, 0.3) is 0 Å². The summed E-state index contributed by atoms with van der Waals surface area (Å²) in [6.45, 7) is 9.15. The van der Waals surface area contributed by atoms with Gasteiger partial charge in [0.1, 0.15) is 0 Å². The van der Waals surface area contributed by atoms with Crippen LogP contribution in [0, 0.1) is 6.92 Å². The summed E-state index contributed by atoms with van der Waals surface area (Å²) in [6.07, 6.45) is 1.23. The Morgan fingerprint density at radius 2 is 1.74 bits per heavy atom. The first-order chi connectivity index (χ1) is 14.9. The number of aryl methyl sites for hydroxylation is 1. The highest BCUT2D eigenvalue weighted by atomic mass is 32.2. The van der Waals surface area contributed by atoms with E-state index in [1.807, 2.05) is 26.0 Å². The van der Waals surface area contributed by atoms with Crippen molar-refractivity contribution in [2.45, 2.75) is 31.8 Å². The zero-order chi connectivity index (χ0) is 22.3. The van der Waals surface area contributed by atoms with Crippen molar-refractivity contribution in [1.29, 1.82) is 0 Å². The van der Waals surface area contributed by atoms with E-state index in [1.54, 1.807) is 6.07 Å². The van der Waals surface area contributed by atoms with Gasteiger partial charge in [0, 0.05) is 38.1 Å². The summed E-state index contributed by atoms with van der Waals surface area (Å²) in [5, 5.41) is 6.62. The summed E-state index contributed by atoms with van der Waals surface area (Å²) in [5.41, 5.74) is 4.11. The zero-order valence-electron chi connectivity index (χ0n) is 18.5. The fourth-order valence-electron chi connectivity index (χ4n) is 3.57. The molecule has 1 saturated heterocycles. The van der Waals surface area contributed by atoms with Crippen molar-refractivity contribution in [2.24, 2.45) is 4.99 Å². The Balaban J connectivity index is 1.60. The molecule has 0 bridgehead atoms. The van der Waals surface area contributed by atoms with Gasteiger partial charge in [-0.25, -0.2) is 13.4 Å². The lowest BCUT2D eigenvalue weighted by molar-refractivity contribution is 0.122. The highest BCUT2D eigenvalue weighted by Gasteiger charge is 2.12. The van der Waals surface area contributed by atoms with Gasteiger partial charge in [-0.05, 0) is 48.7 Å². The second kappa shape index (κ2) is 10.6. The van der Waals surface area contributed by atoms with Gasteiger partial charge in [-0.15, -0.1) is 0 Å². The number of hydrogen-bond acceptors (Lipinski definition) is 5. The van der Waals surface area contributed by atoms with E-state index < -0.39 is 9.84 Å². The van der Waals surface area contributed by atoms with Crippen LogP contribution in [0.5, 0.6) is 0 Å². The van der Waals surface area contributed by atoms with Crippen LogP contribution in [0.1, 0.15) is 23.6 Å². The highest BCUT2D eigenvalue weighted by molar-refractivity contribution is 7.90. The normalized spacial score (nSPS) is 15.1. The van der Waals surface area contributed by atoms with Crippen molar-refractivity contribution in [2.75, 3.05) is 44.0 Å². The number of morpholine rings is 1. The van der Waals surface area contributed by atoms with Crippen LogP contribution in [-0.4, -0.2) is 53.5 Å². The molecule has 1 aliphatic heterocycles. The van der Waals surface area contributed by atoms with Crippen molar-refractivity contribution >= 4 is 21.5 Å². The largest absolute Gasteiger partial charge is 0.378 e. The standard InChI is InChI=1S/C23H32N4O3S/c1-4-24-23(26-17-20-7-10-22(18(2)15-20)31(3,28)29)25-16-19-5-8-21(9-6-19)27-11-13-30-14-12-27/h5-10,15H,4,11-14,16-17H2,1-3H3,(H2,24,25,26). The molecule has 3 rings (SSSR count). The van der Waals surface area contributed by atoms with E-state index in [0.29, 0.717) is 18.0 Å². The Bertz CT molecular complexity index is 998. The SMILES string of the molecule is CCNC(=NCc1ccc(S(C)(=O)=O)c(C)c1)NCc1ccc(N2CCOCC2)cc1. The maximum atomic E-state index is 11.8. The number of benzene rings is 2. The molecule has 0 amide bonds. The van der Waals surface area contributed by atoms with Crippen molar-refractivity contribution in [1.82, 2.24) is 10.6 Å². The molecule has 2 aromatic rings. The molecule has 1 aliphatic rings. The second-order valence-corrected chi connectivity index (χ2v) is 9.67. The number of hydrogen-bond donors (Lipinski definition) is 2. The predicted molar refractivity (Wildman–Crippen MR) is 125 cm³/mol. The fraction of sp³-hybridized carbons (Fsp3) is 0.435. The minimum Gasteiger partial charge on any atom is -0.378 e. The van der Waals surface area contributed by atoms with Gasteiger partial charge in [0.2, 0.25) is 0 Å². The van der Waals surface area contributed by atoms with Gasteiger partial charge in [0.05, 0.1) is 24.7 Å². The molecular formula is C23H32N4O3S. The number of sulfone groups is 1. The van der Waals surface area contributed by atoms with Gasteiger partial charge in [-0.3, -0.25) is 0 Å². The highest BCUT2D eigenvalue weighted by Crippen LogP contribution is 2.18. The predicted octanol–water partition coefficient (Wildman–Crippen LogP) is 2.49. The molecular weight excluding hydrogens is 412 g/mol. The minimum atomic E-state index is -3.21. The van der Waals surface area contributed by atoms with Gasteiger partial charge >= 0.3 is 0 Å². The monoisotopic (exact) mass is 444 g/mol. The van der Waals surface area contributed by atoms with Crippen LogP contribution in [0.15, 0.2) is 52.4 Å². The van der Waals surface area contributed by atoms with Crippen LogP contribution in [0.3, 0.4) is 0 Å². The van der Waals surface area contributed by atoms with Crippen molar-refractivity contribution in [3.05, 3.63) is 59.2 Å². The molecule has 8 heteroatoms. The topological polar surface area (TPSA) is 83.0 Å². The van der Waals surface area contributed by atoms with E-state index in [9.17, 15) is 8.42 Å². The van der Waals surface area contributed by atoms with E-state index >= 15 is 0 Å². The first-order valence-electron chi connectivity index (χ1n) is 10.6. The van der Waals surface area contributed by atoms with Crippen molar-refractivity contribution in [3.8, 4) is 0 Å². The van der Waals surface area contributed by atoms with E-state index in [2.05, 4.69) is 44.8 Å². The van der Waals surface area contributed by atoms with E-state index in [-0.39, 0.29) is 0 Å². The first-order valence-corrected chi connectivity index (χ1v) is 12.5. The number of nitrogens with one attached hydrogen (secondary N) is 2. The number of anilines is 1. The lowest BCUT2D eigenvalue weighted by Crippen LogP contribution is -2.37. The third-order valence-electron chi connectivity index (χ3n) is 5.18. The second-order valence-electron chi connectivity index (χ2n) is 7.69. The number of rotatable bonds is 7. The molecule has 0 spiro atoms. The molecule has 7 nitrogen and oxygen atoms in total. The molecule has 0 aliphatic carbocycles. The Kier molecular flexibility index (Phi) is 7.92. The minimum absolute atomic E-state index is 0.366. The van der Waals surface area contributed by atoms with Gasteiger partial charge in [-0.1, -0.05) is 24.3 Å². The molecule has 0 radical (unpaired) electrons. The van der Waals surface area contributed by atoms with Crippen LogP contribution >= 0.6 is 0 Å². The number of aliphatic imine (C=N–C) groups is 1. The summed E-state index contributed by atoms with van der Waals surface area (Å²) in [7, 11) is -3.21. The summed E-state index contributed by atoms with van der Waals surface area (Å²) in [6, 6.07) is 13.9. The Morgan fingerprint density at radius 1 is 1.06 bits per heavy atom. The Hall–Kier alpha value is -2.58. The molecule has 1 heterocycles. The van der Waals surface area contributed by atoms with Crippen LogP contribution in [-0.2, 0) is 27.7 Å². The van der Waals surface area contributed by atoms with Gasteiger partial charge < -0.3 is 20.3 Å². The van der Waals surface area contributed by atoms with Gasteiger partial charge in [0.15, 0.2) is 15.8 Å². The third-order valence-corrected chi connectivity index (χ3v) is 6.43. The molecule has 1 fully saturated rings. The number of ether oxygens (including phenoxy) is 1. The lowest BCUT2D eigenvalue weighted by Gasteiger charge is -2.28. The summed E-state index contributed by atoms with van der Waals surface area (Å²) in [4.78, 5) is 7.35. The average Bonchev–Trinajstić information content (AvgIpc) is 2.76. The molecule has 0 unspecified atom stereocenters. The van der Waals surface area contributed by atoms with Crippen LogP contribution < -0.4 is 15.5 Å². The van der Waals surface area contributed by atoms with Crippen LogP contribution in [0.2, 0.25) is 0 Å². The summed E-state index contributed by atoms with van der Waals surface area (Å²) in [5.74, 6) is 0.726. The van der Waals surface area contributed by atoms with Crippen molar-refractivity contribution < 1.29 is 13.2 Å². The zero-order valence-corrected chi connectivity index (χ0v) is 19.3. The van der Waals surface area contributed by atoms with E-state index in [1.165, 1.54) is 17.5 Å². The smallest absolute Gasteiger partial charge is 0.191 e. The maximum Gasteiger partial charge on any atom is 0.191 e. The first kappa shape index (κ1) is 23.1. The van der Waals surface area contributed by atoms with E-state index in [0.717, 1.165) is 49.9 Å². The molecule has 31 heavy (non-hydrogen) atoms. The van der Waals surface area contributed by atoms with Gasteiger partial charge in [-0.2, -0.15) is 0 Å². The molecule has 168 valence electrons. The number of guanidine groups is 1. The molecule has 0 aromatic heterocycles. The molecule has 2 aromatic carbocycles. The van der Waals surface area contributed by atoms with Gasteiger partial charge in [0.25, 0.3) is 0 Å². The Morgan fingerprint density at radius 3 is 2.35 bits per heavy atom. The fourth-order valence-corrected chi connectivity index (χ4v) is 4.53. The average molecular weight is 445 g/mol. The maximum absolute atomic E-state index is 11.8. The Labute approximate surface area is 185 Å². The quantitative estimate of drug-likeness (QED) is 0.504. The van der Waals surface area contributed by atoms with E-state index in [4.69, 9.17) is 4.74 Å². The molecule has 0 saturated carbocycles. The van der Waals surface area contributed by atoms with Crippen molar-refractivity contribution in [3.63, 3.8) is 0 Å².